The molecule has 0 aromatic heterocycles. The maximum absolute atomic E-state index is 11.3. The van der Waals surface area contributed by atoms with E-state index in [9.17, 15) is 18.1 Å². The molecule has 0 aliphatic carbocycles. The monoisotopic (exact) mass is 400 g/mol. The maximum atomic E-state index is 11.3. The molecule has 2 atom stereocenters. The smallest absolute Gasteiger partial charge is 0.748 e. The Hall–Kier alpha value is 0.870. The van der Waals surface area contributed by atoms with E-state index in [1.807, 2.05) is 6.92 Å². The van der Waals surface area contributed by atoms with Crippen molar-refractivity contribution in [3.63, 3.8) is 0 Å². The van der Waals surface area contributed by atoms with Gasteiger partial charge in [-0.05, 0) is 12.8 Å². The molecular formula is C20H41NaO4S. The van der Waals surface area contributed by atoms with Gasteiger partial charge in [0.25, 0.3) is 0 Å². The van der Waals surface area contributed by atoms with E-state index in [-0.39, 0.29) is 36.0 Å². The van der Waals surface area contributed by atoms with Gasteiger partial charge in [0, 0.05) is 0 Å². The maximum Gasteiger partial charge on any atom is 1.00 e. The van der Waals surface area contributed by atoms with Crippen molar-refractivity contribution in [2.24, 2.45) is 0 Å². The molecule has 2 unspecified atom stereocenters. The van der Waals surface area contributed by atoms with Crippen LogP contribution in [0.2, 0.25) is 0 Å². The molecule has 0 heterocycles. The molecule has 0 saturated heterocycles. The molecule has 0 amide bonds. The fourth-order valence-electron chi connectivity index (χ4n) is 3.31. The van der Waals surface area contributed by atoms with Crippen LogP contribution in [0.15, 0.2) is 0 Å². The third-order valence-electron chi connectivity index (χ3n) is 5.00. The molecule has 0 aliphatic heterocycles. The molecule has 4 nitrogen and oxygen atoms in total. The molecule has 0 saturated carbocycles. The molecule has 0 aromatic carbocycles. The van der Waals surface area contributed by atoms with Crippen molar-refractivity contribution in [1.82, 2.24) is 0 Å². The summed E-state index contributed by atoms with van der Waals surface area (Å²) in [5, 5.41) is 8.93. The van der Waals surface area contributed by atoms with Crippen LogP contribution >= 0.6 is 0 Å². The van der Waals surface area contributed by atoms with Gasteiger partial charge in [-0.15, -0.1) is 0 Å². The largest absolute Gasteiger partial charge is 1.00 e. The predicted molar refractivity (Wildman–Crippen MR) is 105 cm³/mol. The second-order valence-electron chi connectivity index (χ2n) is 7.42. The molecule has 0 spiro atoms. The van der Waals surface area contributed by atoms with Crippen LogP contribution in [-0.2, 0) is 10.1 Å². The first-order valence-corrected chi connectivity index (χ1v) is 12.0. The Balaban J connectivity index is 0. The van der Waals surface area contributed by atoms with E-state index in [0.717, 1.165) is 25.7 Å². The van der Waals surface area contributed by atoms with Gasteiger partial charge in [0.05, 0.1) is 11.4 Å². The summed E-state index contributed by atoms with van der Waals surface area (Å²) in [5.41, 5.74) is 0. The zero-order chi connectivity index (χ0) is 19.0. The summed E-state index contributed by atoms with van der Waals surface area (Å²) in [6.07, 6.45) is 16.0. The number of unbranched alkanes of at least 4 members (excludes halogenated alkanes) is 12. The number of rotatable bonds is 18. The van der Waals surface area contributed by atoms with Gasteiger partial charge >= 0.3 is 29.6 Å². The van der Waals surface area contributed by atoms with Crippen molar-refractivity contribution in [3.05, 3.63) is 0 Å². The van der Waals surface area contributed by atoms with Crippen LogP contribution in [0.3, 0.4) is 0 Å². The average molecular weight is 401 g/mol. The second kappa shape index (κ2) is 19.2. The van der Waals surface area contributed by atoms with E-state index < -0.39 is 21.5 Å². The van der Waals surface area contributed by atoms with Crippen LogP contribution in [0.25, 0.3) is 0 Å². The van der Waals surface area contributed by atoms with Gasteiger partial charge in [0.2, 0.25) is 0 Å². The summed E-state index contributed by atoms with van der Waals surface area (Å²) in [4.78, 5) is 0. The number of aliphatic hydroxyl groups is 1. The number of aliphatic hydroxyl groups excluding tert-OH is 1. The fourth-order valence-corrected chi connectivity index (χ4v) is 4.29. The van der Waals surface area contributed by atoms with Crippen molar-refractivity contribution in [2.45, 2.75) is 128 Å². The first-order chi connectivity index (χ1) is 11.9. The van der Waals surface area contributed by atoms with Crippen molar-refractivity contribution in [1.29, 1.82) is 0 Å². The average Bonchev–Trinajstić information content (AvgIpc) is 2.55. The van der Waals surface area contributed by atoms with Crippen molar-refractivity contribution >= 4 is 10.1 Å². The molecule has 0 aliphatic rings. The van der Waals surface area contributed by atoms with Gasteiger partial charge in [-0.3, -0.25) is 0 Å². The molecule has 26 heavy (non-hydrogen) atoms. The first-order valence-electron chi connectivity index (χ1n) is 10.6. The van der Waals surface area contributed by atoms with Crippen LogP contribution in [0.5, 0.6) is 0 Å². The Morgan fingerprint density at radius 1 is 0.692 bits per heavy atom. The summed E-state index contributed by atoms with van der Waals surface area (Å²) in [5.74, 6) is 0. The first kappa shape index (κ1) is 29.1. The van der Waals surface area contributed by atoms with Gasteiger partial charge in [-0.25, -0.2) is 8.42 Å². The quantitative estimate of drug-likeness (QED) is 0.218. The van der Waals surface area contributed by atoms with Crippen LogP contribution < -0.4 is 29.6 Å². The van der Waals surface area contributed by atoms with E-state index in [1.54, 1.807) is 0 Å². The molecule has 0 radical (unpaired) electrons. The molecule has 1 N–H and O–H groups in total. The van der Waals surface area contributed by atoms with E-state index >= 15 is 0 Å². The molecule has 6 heteroatoms. The zero-order valence-electron chi connectivity index (χ0n) is 17.5. The van der Waals surface area contributed by atoms with Gasteiger partial charge in [0.15, 0.2) is 0 Å². The summed E-state index contributed by atoms with van der Waals surface area (Å²) in [7, 11) is -4.40. The second-order valence-corrected chi connectivity index (χ2v) is 9.01. The number of hydrogen-bond acceptors (Lipinski definition) is 4. The SMILES string of the molecule is CCCCCCCCCCCCCCC(O)C(CCCC)S(=O)(=O)[O-].[Na+]. The van der Waals surface area contributed by atoms with Gasteiger partial charge < -0.3 is 9.66 Å². The summed E-state index contributed by atoms with van der Waals surface area (Å²) < 4.78 is 33.8. The standard InChI is InChI=1S/C20H42O4S.Na/c1-3-5-7-8-9-10-11-12-13-14-15-16-17-19(21)20(18-6-4-2)25(22,23)24;/h19-21H,3-18H2,1-2H3,(H,22,23,24);/q;+1/p-1. The van der Waals surface area contributed by atoms with Crippen molar-refractivity contribution in [3.8, 4) is 0 Å². The topological polar surface area (TPSA) is 77.4 Å². The Morgan fingerprint density at radius 2 is 1.08 bits per heavy atom. The Kier molecular flexibility index (Phi) is 21.5. The zero-order valence-corrected chi connectivity index (χ0v) is 20.4. The van der Waals surface area contributed by atoms with Crippen molar-refractivity contribution in [2.75, 3.05) is 0 Å². The third-order valence-corrected chi connectivity index (χ3v) is 6.29. The van der Waals surface area contributed by atoms with Crippen LogP contribution in [0, 0.1) is 0 Å². The van der Waals surface area contributed by atoms with E-state index in [2.05, 4.69) is 6.92 Å². The molecule has 0 fully saturated rings. The molecule has 0 bridgehead atoms. The van der Waals surface area contributed by atoms with E-state index in [4.69, 9.17) is 0 Å². The number of hydrogen-bond donors (Lipinski definition) is 1. The predicted octanol–water partition coefficient (Wildman–Crippen LogP) is 2.55. The van der Waals surface area contributed by atoms with Gasteiger partial charge in [-0.1, -0.05) is 104 Å². The van der Waals surface area contributed by atoms with Gasteiger partial charge in [0.1, 0.15) is 10.1 Å². The van der Waals surface area contributed by atoms with E-state index in [1.165, 1.54) is 57.8 Å². The van der Waals surface area contributed by atoms with E-state index in [0.29, 0.717) is 12.8 Å². The molecule has 0 aromatic rings. The molecule has 0 rings (SSSR count). The Labute approximate surface area is 185 Å². The summed E-state index contributed by atoms with van der Waals surface area (Å²) in [6.45, 7) is 4.19. The minimum Gasteiger partial charge on any atom is -0.748 e. The molecule has 152 valence electrons. The molecular weight excluding hydrogens is 359 g/mol. The normalized spacial score (nSPS) is 14.0. The van der Waals surface area contributed by atoms with Crippen LogP contribution in [0.1, 0.15) is 117 Å². The Morgan fingerprint density at radius 3 is 1.46 bits per heavy atom. The summed E-state index contributed by atoms with van der Waals surface area (Å²) >= 11 is 0. The van der Waals surface area contributed by atoms with Crippen LogP contribution in [-0.4, -0.2) is 29.4 Å². The Bertz CT molecular complexity index is 387. The third kappa shape index (κ3) is 17.0. The van der Waals surface area contributed by atoms with Crippen molar-refractivity contribution < 1.29 is 47.6 Å². The minimum atomic E-state index is -4.40. The minimum absolute atomic E-state index is 0. The summed E-state index contributed by atoms with van der Waals surface area (Å²) in [6, 6.07) is 0. The van der Waals surface area contributed by atoms with Crippen LogP contribution in [0.4, 0.5) is 0 Å². The van der Waals surface area contributed by atoms with Gasteiger partial charge in [-0.2, -0.15) is 0 Å². The fraction of sp³-hybridized carbons (Fsp3) is 1.00.